The van der Waals surface area contributed by atoms with Gasteiger partial charge in [0.2, 0.25) is 5.91 Å². The number of nitro groups is 1. The predicted molar refractivity (Wildman–Crippen MR) is 121 cm³/mol. The zero-order valence-corrected chi connectivity index (χ0v) is 18.7. The smallest absolute Gasteiger partial charge is 0.297 e. The monoisotopic (exact) mass is 434 g/mol. The maximum Gasteiger partial charge on any atom is 0.297 e. The SMILES string of the molecule is COc1ccc(N2C(=O)CC(c3cccc(C)c3)C3=C2CC(C)(C)CC3=O)c([N+](=O)[O-])c1. The molecule has 0 aromatic heterocycles. The van der Waals surface area contributed by atoms with E-state index >= 15 is 0 Å². The molecular formula is C25H26N2O5. The molecule has 166 valence electrons. The summed E-state index contributed by atoms with van der Waals surface area (Å²) in [5.74, 6) is -0.281. The molecule has 1 amide bonds. The maximum atomic E-state index is 13.5. The third-order valence-electron chi connectivity index (χ3n) is 6.21. The summed E-state index contributed by atoms with van der Waals surface area (Å²) < 4.78 is 5.14. The van der Waals surface area contributed by atoms with Crippen LogP contribution in [0.25, 0.3) is 0 Å². The van der Waals surface area contributed by atoms with E-state index in [1.54, 1.807) is 6.07 Å². The molecule has 0 saturated heterocycles. The Morgan fingerprint density at radius 2 is 1.88 bits per heavy atom. The van der Waals surface area contributed by atoms with Crippen LogP contribution >= 0.6 is 0 Å². The Labute approximate surface area is 186 Å². The van der Waals surface area contributed by atoms with Crippen molar-refractivity contribution < 1.29 is 19.2 Å². The number of rotatable bonds is 4. The number of methoxy groups -OCH3 is 1. The summed E-state index contributed by atoms with van der Waals surface area (Å²) in [5, 5.41) is 11.8. The van der Waals surface area contributed by atoms with E-state index in [0.717, 1.165) is 11.1 Å². The van der Waals surface area contributed by atoms with Crippen molar-refractivity contribution in [2.75, 3.05) is 12.0 Å². The van der Waals surface area contributed by atoms with Crippen LogP contribution in [0.15, 0.2) is 53.7 Å². The van der Waals surface area contributed by atoms with Crippen molar-refractivity contribution in [2.45, 2.75) is 46.0 Å². The van der Waals surface area contributed by atoms with Gasteiger partial charge in [-0.15, -0.1) is 0 Å². The number of ketones is 1. The highest BCUT2D eigenvalue weighted by atomic mass is 16.6. The molecule has 7 heteroatoms. The highest BCUT2D eigenvalue weighted by Gasteiger charge is 2.45. The van der Waals surface area contributed by atoms with E-state index in [1.807, 2.05) is 45.0 Å². The first-order valence-electron chi connectivity index (χ1n) is 10.6. The molecule has 0 spiro atoms. The molecule has 1 aliphatic heterocycles. The predicted octanol–water partition coefficient (Wildman–Crippen LogP) is 5.08. The van der Waals surface area contributed by atoms with Crippen LogP contribution in [0.2, 0.25) is 0 Å². The average molecular weight is 434 g/mol. The van der Waals surface area contributed by atoms with Gasteiger partial charge in [0, 0.05) is 30.0 Å². The van der Waals surface area contributed by atoms with Gasteiger partial charge in [-0.3, -0.25) is 24.6 Å². The molecule has 1 aliphatic carbocycles. The van der Waals surface area contributed by atoms with Gasteiger partial charge >= 0.3 is 0 Å². The molecule has 7 nitrogen and oxygen atoms in total. The van der Waals surface area contributed by atoms with E-state index in [9.17, 15) is 19.7 Å². The number of Topliss-reactive ketones (excluding diaryl/α,β-unsaturated/α-hetero) is 1. The first-order valence-corrected chi connectivity index (χ1v) is 10.6. The van der Waals surface area contributed by atoms with Crippen LogP contribution in [0.3, 0.4) is 0 Å². The number of hydrogen-bond acceptors (Lipinski definition) is 5. The minimum Gasteiger partial charge on any atom is -0.496 e. The van der Waals surface area contributed by atoms with Gasteiger partial charge in [-0.05, 0) is 36.5 Å². The number of benzene rings is 2. The lowest BCUT2D eigenvalue weighted by molar-refractivity contribution is -0.384. The third-order valence-corrected chi connectivity index (χ3v) is 6.21. The van der Waals surface area contributed by atoms with Crippen LogP contribution in [-0.4, -0.2) is 23.7 Å². The van der Waals surface area contributed by atoms with Crippen LogP contribution in [0.1, 0.15) is 50.2 Å². The van der Waals surface area contributed by atoms with E-state index in [2.05, 4.69) is 0 Å². The Morgan fingerprint density at radius 3 is 2.53 bits per heavy atom. The quantitative estimate of drug-likeness (QED) is 0.495. The van der Waals surface area contributed by atoms with Gasteiger partial charge in [-0.2, -0.15) is 0 Å². The molecule has 2 aromatic carbocycles. The molecule has 0 fully saturated rings. The minimum absolute atomic E-state index is 0.00331. The van der Waals surface area contributed by atoms with Gasteiger partial charge in [0.05, 0.1) is 18.1 Å². The van der Waals surface area contributed by atoms with E-state index in [1.165, 1.54) is 24.1 Å². The zero-order chi connectivity index (χ0) is 23.2. The topological polar surface area (TPSA) is 89.8 Å². The first kappa shape index (κ1) is 21.7. The number of nitrogens with zero attached hydrogens (tertiary/aromatic N) is 2. The molecule has 2 aromatic rings. The summed E-state index contributed by atoms with van der Waals surface area (Å²) in [5.41, 5.74) is 2.72. The fourth-order valence-corrected chi connectivity index (χ4v) is 4.83. The molecule has 1 atom stereocenters. The van der Waals surface area contributed by atoms with Crippen LogP contribution in [0.4, 0.5) is 11.4 Å². The Hall–Kier alpha value is -3.48. The minimum atomic E-state index is -0.520. The van der Waals surface area contributed by atoms with Crippen molar-refractivity contribution in [1.29, 1.82) is 0 Å². The van der Waals surface area contributed by atoms with Gasteiger partial charge in [-0.25, -0.2) is 0 Å². The lowest BCUT2D eigenvalue weighted by atomic mass is 9.69. The standard InChI is InChI=1S/C25H26N2O5/c1-15-6-5-7-16(10-15)18-12-23(29)26(21-13-25(2,3)14-22(28)24(18)21)19-9-8-17(32-4)11-20(19)27(30)31/h5-11,18H,12-14H2,1-4H3. The lowest BCUT2D eigenvalue weighted by Crippen LogP contribution is -2.44. The van der Waals surface area contributed by atoms with Crippen molar-refractivity contribution in [1.82, 2.24) is 0 Å². The molecule has 2 aliphatic rings. The van der Waals surface area contributed by atoms with Crippen LogP contribution in [-0.2, 0) is 9.59 Å². The number of hydrogen-bond donors (Lipinski definition) is 0. The van der Waals surface area contributed by atoms with Crippen LogP contribution in [0, 0.1) is 22.5 Å². The van der Waals surface area contributed by atoms with E-state index in [4.69, 9.17) is 4.74 Å². The summed E-state index contributed by atoms with van der Waals surface area (Å²) >= 11 is 0. The number of nitro benzene ring substituents is 1. The molecular weight excluding hydrogens is 408 g/mol. The number of amides is 1. The molecule has 0 saturated carbocycles. The first-order chi connectivity index (χ1) is 15.1. The Bertz CT molecular complexity index is 1160. The second-order valence-corrected chi connectivity index (χ2v) is 9.31. The van der Waals surface area contributed by atoms with E-state index in [-0.39, 0.29) is 40.8 Å². The largest absolute Gasteiger partial charge is 0.496 e. The number of aryl methyl sites for hydroxylation is 1. The zero-order valence-electron chi connectivity index (χ0n) is 18.7. The number of ether oxygens (including phenoxy) is 1. The second kappa shape index (κ2) is 7.89. The van der Waals surface area contributed by atoms with Gasteiger partial charge in [0.1, 0.15) is 11.4 Å². The summed E-state index contributed by atoms with van der Waals surface area (Å²) in [6.45, 7) is 5.94. The lowest BCUT2D eigenvalue weighted by Gasteiger charge is -2.42. The van der Waals surface area contributed by atoms with Crippen molar-refractivity contribution in [2.24, 2.45) is 5.41 Å². The molecule has 1 unspecified atom stereocenters. The van der Waals surface area contributed by atoms with E-state index in [0.29, 0.717) is 29.9 Å². The summed E-state index contributed by atoms with van der Waals surface area (Å²) in [6, 6.07) is 12.3. The number of anilines is 1. The molecule has 4 rings (SSSR count). The van der Waals surface area contributed by atoms with Gasteiger partial charge in [-0.1, -0.05) is 43.7 Å². The Balaban J connectivity index is 1.94. The Kier molecular flexibility index (Phi) is 5.36. The van der Waals surface area contributed by atoms with E-state index < -0.39 is 4.92 Å². The molecule has 32 heavy (non-hydrogen) atoms. The number of carbonyl (C=O) groups is 2. The molecule has 0 bridgehead atoms. The highest BCUT2D eigenvalue weighted by Crippen LogP contribution is 2.49. The number of carbonyl (C=O) groups excluding carboxylic acids is 2. The van der Waals surface area contributed by atoms with Crippen molar-refractivity contribution in [3.05, 3.63) is 75.0 Å². The van der Waals surface area contributed by atoms with Gasteiger partial charge in [0.15, 0.2) is 5.78 Å². The van der Waals surface area contributed by atoms with Gasteiger partial charge < -0.3 is 4.74 Å². The third kappa shape index (κ3) is 3.79. The number of allylic oxidation sites excluding steroid dienone is 2. The fourth-order valence-electron chi connectivity index (χ4n) is 4.83. The summed E-state index contributed by atoms with van der Waals surface area (Å²) in [6.07, 6.45) is 0.934. The normalized spacial score (nSPS) is 20.2. The fraction of sp³-hybridized carbons (Fsp3) is 0.360. The molecule has 1 heterocycles. The van der Waals surface area contributed by atoms with Crippen LogP contribution in [0.5, 0.6) is 5.75 Å². The average Bonchev–Trinajstić information content (AvgIpc) is 2.72. The molecule has 0 N–H and O–H groups in total. The van der Waals surface area contributed by atoms with Crippen molar-refractivity contribution in [3.8, 4) is 5.75 Å². The van der Waals surface area contributed by atoms with Crippen LogP contribution < -0.4 is 9.64 Å². The highest BCUT2D eigenvalue weighted by molar-refractivity contribution is 6.08. The summed E-state index contributed by atoms with van der Waals surface area (Å²) in [7, 11) is 1.43. The van der Waals surface area contributed by atoms with Crippen molar-refractivity contribution in [3.63, 3.8) is 0 Å². The second-order valence-electron chi connectivity index (χ2n) is 9.31. The molecule has 0 radical (unpaired) electrons. The Morgan fingerprint density at radius 1 is 1.12 bits per heavy atom. The maximum absolute atomic E-state index is 13.5. The summed E-state index contributed by atoms with van der Waals surface area (Å²) in [4.78, 5) is 39.6. The van der Waals surface area contributed by atoms with Gasteiger partial charge in [0.25, 0.3) is 5.69 Å². The van der Waals surface area contributed by atoms with Crippen molar-refractivity contribution >= 4 is 23.1 Å².